The van der Waals surface area contributed by atoms with Gasteiger partial charge in [0.1, 0.15) is 11.5 Å². The molecule has 12 heteroatoms. The van der Waals surface area contributed by atoms with E-state index in [1.54, 1.807) is 17.6 Å². The number of hydrogen-bond donors (Lipinski definition) is 2. The van der Waals surface area contributed by atoms with E-state index in [2.05, 4.69) is 10.3 Å². The number of aromatic nitrogens is 2. The van der Waals surface area contributed by atoms with E-state index in [1.807, 2.05) is 20.8 Å². The zero-order valence-corrected chi connectivity index (χ0v) is 23.6. The fraction of sp³-hybridized carbons (Fsp3) is 0.393. The van der Waals surface area contributed by atoms with Crippen LogP contribution in [-0.4, -0.2) is 41.3 Å². The van der Waals surface area contributed by atoms with Crippen molar-refractivity contribution in [3.8, 4) is 6.07 Å². The third-order valence-corrected chi connectivity index (χ3v) is 8.24. The van der Waals surface area contributed by atoms with E-state index >= 15 is 0 Å². The van der Waals surface area contributed by atoms with Gasteiger partial charge in [0.05, 0.1) is 40.5 Å². The van der Waals surface area contributed by atoms with Crippen LogP contribution < -0.4 is 5.32 Å². The van der Waals surface area contributed by atoms with Gasteiger partial charge in [-0.1, -0.05) is 45.9 Å². The number of nitriles is 1. The van der Waals surface area contributed by atoms with Crippen molar-refractivity contribution in [2.24, 2.45) is 0 Å². The number of amides is 1. The molecule has 2 N–H and O–H groups in total. The molecule has 0 spiro atoms. The van der Waals surface area contributed by atoms with Gasteiger partial charge in [-0.25, -0.2) is 13.4 Å². The second-order valence-electron chi connectivity index (χ2n) is 10.4. The van der Waals surface area contributed by atoms with Crippen LogP contribution in [0.5, 0.6) is 0 Å². The predicted molar refractivity (Wildman–Crippen MR) is 142 cm³/mol. The Morgan fingerprint density at radius 1 is 1.15 bits per heavy atom. The molecule has 3 rings (SSSR count). The zero-order valence-electron chi connectivity index (χ0n) is 22.8. The average molecular weight is 577 g/mol. The predicted octanol–water partition coefficient (Wildman–Crippen LogP) is 4.68. The summed E-state index contributed by atoms with van der Waals surface area (Å²) in [5.41, 5.74) is -1.03. The molecule has 40 heavy (non-hydrogen) atoms. The highest BCUT2D eigenvalue weighted by Crippen LogP contribution is 2.34. The van der Waals surface area contributed by atoms with Gasteiger partial charge in [0.2, 0.25) is 0 Å². The average Bonchev–Trinajstić information content (AvgIpc) is 3.23. The number of hydrogen-bond acceptors (Lipinski definition) is 6. The number of aliphatic hydroxyl groups is 1. The van der Waals surface area contributed by atoms with Crippen molar-refractivity contribution >= 4 is 15.7 Å². The number of nitrogens with one attached hydrogen (secondary N) is 1. The quantitative estimate of drug-likeness (QED) is 0.401. The third kappa shape index (κ3) is 6.54. The SMILES string of the molecule is CCS(=O)(=O)c1ccc([C@@H](CO)NC(=O)c2nc(C(C)(C)C)n(Cc3ccc(C#N)cc3C(F)(F)F)c2C)cc1. The summed E-state index contributed by atoms with van der Waals surface area (Å²) in [6.07, 6.45) is -4.70. The summed E-state index contributed by atoms with van der Waals surface area (Å²) in [6.45, 7) is 7.83. The first kappa shape index (κ1) is 30.8. The number of benzene rings is 2. The number of alkyl halides is 3. The summed E-state index contributed by atoms with van der Waals surface area (Å²) in [6, 6.07) is 9.99. The van der Waals surface area contributed by atoms with Gasteiger partial charge in [0.15, 0.2) is 9.84 Å². The number of imidazole rings is 1. The molecule has 8 nitrogen and oxygen atoms in total. The molecule has 0 unspecified atom stereocenters. The molecule has 1 heterocycles. The Morgan fingerprint density at radius 3 is 2.27 bits per heavy atom. The van der Waals surface area contributed by atoms with E-state index in [4.69, 9.17) is 5.26 Å². The van der Waals surface area contributed by atoms with Gasteiger partial charge in [-0.3, -0.25) is 4.79 Å². The Balaban J connectivity index is 2.00. The smallest absolute Gasteiger partial charge is 0.394 e. The van der Waals surface area contributed by atoms with Crippen LogP contribution in [0.2, 0.25) is 0 Å². The molecule has 0 aliphatic rings. The molecule has 0 fully saturated rings. The molecule has 1 amide bonds. The number of carbonyl (C=O) groups excluding carboxylic acids is 1. The normalized spacial score (nSPS) is 13.1. The molecule has 3 aromatic rings. The molecule has 1 aromatic heterocycles. The van der Waals surface area contributed by atoms with Crippen LogP contribution in [0.3, 0.4) is 0 Å². The lowest BCUT2D eigenvalue weighted by Gasteiger charge is -2.22. The largest absolute Gasteiger partial charge is 0.416 e. The number of rotatable bonds is 8. The summed E-state index contributed by atoms with van der Waals surface area (Å²) >= 11 is 0. The van der Waals surface area contributed by atoms with Crippen molar-refractivity contribution < 1.29 is 31.5 Å². The number of carbonyl (C=O) groups is 1. The molecule has 2 aromatic carbocycles. The first-order chi connectivity index (χ1) is 18.5. The van der Waals surface area contributed by atoms with Crippen molar-refractivity contribution in [3.05, 3.63) is 81.9 Å². The van der Waals surface area contributed by atoms with Crippen LogP contribution in [0.1, 0.15) is 78.0 Å². The third-order valence-electron chi connectivity index (χ3n) is 6.49. The maximum absolute atomic E-state index is 13.8. The van der Waals surface area contributed by atoms with Gasteiger partial charge in [0, 0.05) is 17.7 Å². The molecular weight excluding hydrogens is 545 g/mol. The van der Waals surface area contributed by atoms with Gasteiger partial charge >= 0.3 is 6.18 Å². The highest BCUT2D eigenvalue weighted by molar-refractivity contribution is 7.91. The van der Waals surface area contributed by atoms with Crippen LogP contribution >= 0.6 is 0 Å². The molecule has 214 valence electrons. The van der Waals surface area contributed by atoms with E-state index in [0.29, 0.717) is 17.1 Å². The minimum absolute atomic E-state index is 0.0178. The maximum Gasteiger partial charge on any atom is 0.416 e. The first-order valence-electron chi connectivity index (χ1n) is 12.5. The van der Waals surface area contributed by atoms with Crippen molar-refractivity contribution in [2.75, 3.05) is 12.4 Å². The number of nitrogens with zero attached hydrogens (tertiary/aromatic N) is 3. The van der Waals surface area contributed by atoms with Crippen molar-refractivity contribution in [1.82, 2.24) is 14.9 Å². The minimum atomic E-state index is -4.70. The molecular formula is C28H31F3N4O4S. The Morgan fingerprint density at radius 2 is 1.77 bits per heavy atom. The lowest BCUT2D eigenvalue weighted by Crippen LogP contribution is -2.31. The first-order valence-corrected chi connectivity index (χ1v) is 14.1. The number of halogens is 3. The van der Waals surface area contributed by atoms with Gasteiger partial charge in [-0.2, -0.15) is 18.4 Å². The molecule has 0 bridgehead atoms. The molecule has 0 saturated heterocycles. The van der Waals surface area contributed by atoms with Gasteiger partial charge in [0.25, 0.3) is 5.91 Å². The Bertz CT molecular complexity index is 1550. The van der Waals surface area contributed by atoms with Crippen molar-refractivity contribution in [2.45, 2.75) is 63.7 Å². The van der Waals surface area contributed by atoms with Crippen LogP contribution in [-0.2, 0) is 28.0 Å². The highest BCUT2D eigenvalue weighted by Gasteiger charge is 2.35. The van der Waals surface area contributed by atoms with E-state index in [0.717, 1.165) is 6.07 Å². The summed E-state index contributed by atoms with van der Waals surface area (Å²) in [5, 5.41) is 21.7. The van der Waals surface area contributed by atoms with Crippen LogP contribution in [0.4, 0.5) is 13.2 Å². The van der Waals surface area contributed by atoms with Gasteiger partial charge in [-0.05, 0) is 42.3 Å². The van der Waals surface area contributed by atoms with Crippen molar-refractivity contribution in [1.29, 1.82) is 5.26 Å². The number of sulfone groups is 1. The second kappa shape index (κ2) is 11.4. The summed E-state index contributed by atoms with van der Waals surface area (Å²) in [7, 11) is -3.43. The topological polar surface area (TPSA) is 125 Å². The van der Waals surface area contributed by atoms with E-state index in [9.17, 15) is 31.5 Å². The van der Waals surface area contributed by atoms with E-state index < -0.39 is 45.5 Å². The second-order valence-corrected chi connectivity index (χ2v) is 12.6. The van der Waals surface area contributed by atoms with E-state index in [1.165, 1.54) is 43.3 Å². The van der Waals surface area contributed by atoms with Crippen LogP contribution in [0.25, 0.3) is 0 Å². The monoisotopic (exact) mass is 576 g/mol. The fourth-order valence-electron chi connectivity index (χ4n) is 4.27. The molecule has 0 aliphatic heterocycles. The maximum atomic E-state index is 13.8. The Labute approximate surface area is 231 Å². The van der Waals surface area contributed by atoms with Crippen LogP contribution in [0.15, 0.2) is 47.4 Å². The summed E-state index contributed by atoms with van der Waals surface area (Å²) in [4.78, 5) is 17.9. The molecule has 0 aliphatic carbocycles. The standard InChI is InChI=1S/C28H31F3N4O4S/c1-6-40(38,39)21-11-9-19(10-12-21)23(16-36)33-25(37)24-17(2)35(26(34-24)27(3,4)5)15-20-8-7-18(14-32)13-22(20)28(29,30)31/h7-13,23,36H,6,15-16H2,1-5H3,(H,33,37)/t23-/m1/s1. The van der Waals surface area contributed by atoms with Crippen molar-refractivity contribution in [3.63, 3.8) is 0 Å². The van der Waals surface area contributed by atoms with E-state index in [-0.39, 0.29) is 34.0 Å². The lowest BCUT2D eigenvalue weighted by molar-refractivity contribution is -0.138. The lowest BCUT2D eigenvalue weighted by atomic mass is 9.95. The molecule has 1 atom stereocenters. The van der Waals surface area contributed by atoms with Crippen LogP contribution in [0, 0.1) is 18.3 Å². The minimum Gasteiger partial charge on any atom is -0.394 e. The van der Waals surface area contributed by atoms with Gasteiger partial charge in [-0.15, -0.1) is 0 Å². The number of aliphatic hydroxyl groups excluding tert-OH is 1. The van der Waals surface area contributed by atoms with Gasteiger partial charge < -0.3 is 15.0 Å². The zero-order chi connectivity index (χ0) is 30.0. The molecule has 0 radical (unpaired) electrons. The Kier molecular flexibility index (Phi) is 8.81. The molecule has 0 saturated carbocycles. The summed E-state index contributed by atoms with van der Waals surface area (Å²) in [5.74, 6) is -0.346. The summed E-state index contributed by atoms with van der Waals surface area (Å²) < 4.78 is 67.2. The Hall–Kier alpha value is -3.69. The fourth-order valence-corrected chi connectivity index (χ4v) is 5.15. The highest BCUT2D eigenvalue weighted by atomic mass is 32.2.